The van der Waals surface area contributed by atoms with Crippen molar-refractivity contribution in [1.82, 2.24) is 9.78 Å². The number of benzene rings is 1. The van der Waals surface area contributed by atoms with Gasteiger partial charge in [-0.1, -0.05) is 6.07 Å². The van der Waals surface area contributed by atoms with Gasteiger partial charge >= 0.3 is 5.97 Å². The minimum atomic E-state index is -0.351. The Morgan fingerprint density at radius 1 is 1.48 bits per heavy atom. The molecule has 1 fully saturated rings. The van der Waals surface area contributed by atoms with E-state index in [0.717, 1.165) is 11.1 Å². The van der Waals surface area contributed by atoms with Crippen molar-refractivity contribution in [3.05, 3.63) is 36.2 Å². The smallest absolute Gasteiger partial charge is 0.338 e. The molecule has 0 atom stereocenters. The van der Waals surface area contributed by atoms with Crippen LogP contribution in [-0.2, 0) is 4.74 Å². The number of nitrogens with two attached hydrogens (primary N) is 1. The third-order valence-electron chi connectivity index (χ3n) is 3.90. The van der Waals surface area contributed by atoms with Crippen molar-refractivity contribution in [1.29, 1.82) is 0 Å². The predicted octanol–water partition coefficient (Wildman–Crippen LogP) is 3.03. The van der Waals surface area contributed by atoms with Gasteiger partial charge in [-0.25, -0.2) is 4.79 Å². The molecule has 0 spiro atoms. The first-order valence-corrected chi connectivity index (χ1v) is 7.30. The van der Waals surface area contributed by atoms with Crippen LogP contribution in [0.3, 0.4) is 0 Å². The van der Waals surface area contributed by atoms with Crippen molar-refractivity contribution in [2.24, 2.45) is 0 Å². The van der Waals surface area contributed by atoms with E-state index in [1.165, 1.54) is 19.3 Å². The Bertz CT molecular complexity index is 659. The number of esters is 1. The molecule has 0 radical (unpaired) electrons. The first kappa shape index (κ1) is 13.7. The molecule has 1 heterocycles. The Kier molecular flexibility index (Phi) is 3.64. The van der Waals surface area contributed by atoms with Crippen molar-refractivity contribution >= 4 is 11.7 Å². The van der Waals surface area contributed by atoms with Crippen LogP contribution in [0.4, 0.5) is 5.69 Å². The van der Waals surface area contributed by atoms with Gasteiger partial charge in [0.2, 0.25) is 0 Å². The van der Waals surface area contributed by atoms with Crippen LogP contribution < -0.4 is 5.73 Å². The summed E-state index contributed by atoms with van der Waals surface area (Å²) in [4.78, 5) is 12.1. The second kappa shape index (κ2) is 5.60. The molecule has 1 aliphatic carbocycles. The average molecular weight is 285 g/mol. The molecule has 5 heteroatoms. The summed E-state index contributed by atoms with van der Waals surface area (Å²) in [6.07, 6.45) is 7.40. The third-order valence-corrected chi connectivity index (χ3v) is 3.90. The van der Waals surface area contributed by atoms with E-state index in [9.17, 15) is 4.79 Å². The van der Waals surface area contributed by atoms with Crippen molar-refractivity contribution in [2.45, 2.75) is 32.2 Å². The zero-order valence-electron chi connectivity index (χ0n) is 12.1. The molecule has 21 heavy (non-hydrogen) atoms. The molecule has 110 valence electrons. The molecular weight excluding hydrogens is 266 g/mol. The molecular formula is C16H19N3O2. The number of carbonyl (C=O) groups excluding carboxylic acids is 1. The molecule has 0 saturated heterocycles. The summed E-state index contributed by atoms with van der Waals surface area (Å²) in [6.45, 7) is 2.13. The molecule has 0 aliphatic heterocycles. The van der Waals surface area contributed by atoms with Crippen LogP contribution in [0.25, 0.3) is 11.1 Å². The van der Waals surface area contributed by atoms with Crippen LogP contribution in [0.15, 0.2) is 30.6 Å². The maximum absolute atomic E-state index is 12.1. The minimum absolute atomic E-state index is 0.342. The first-order chi connectivity index (χ1) is 10.2. The highest BCUT2D eigenvalue weighted by Crippen LogP contribution is 2.33. The van der Waals surface area contributed by atoms with E-state index in [4.69, 9.17) is 10.5 Å². The lowest BCUT2D eigenvalue weighted by Crippen LogP contribution is -2.17. The zero-order chi connectivity index (χ0) is 14.8. The van der Waals surface area contributed by atoms with Gasteiger partial charge in [0, 0.05) is 17.4 Å². The molecule has 1 saturated carbocycles. The Hall–Kier alpha value is -2.30. The highest BCUT2D eigenvalue weighted by atomic mass is 16.5. The summed E-state index contributed by atoms with van der Waals surface area (Å²) >= 11 is 0. The number of hydrogen-bond acceptors (Lipinski definition) is 4. The number of ether oxygens (including phenoxy) is 1. The standard InChI is InChI=1S/C16H19N3O2/c1-2-21-16(20)15-8-12(17)6-7-14(15)11-9-18-19(10-11)13-4-3-5-13/h6-10,13H,2-5,17H2,1H3. The quantitative estimate of drug-likeness (QED) is 0.692. The van der Waals surface area contributed by atoms with Crippen LogP contribution >= 0.6 is 0 Å². The Balaban J connectivity index is 1.96. The van der Waals surface area contributed by atoms with Crippen LogP contribution in [0.2, 0.25) is 0 Å². The van der Waals surface area contributed by atoms with Crippen molar-refractivity contribution in [3.63, 3.8) is 0 Å². The third kappa shape index (κ3) is 2.63. The molecule has 3 rings (SSSR count). The highest BCUT2D eigenvalue weighted by Gasteiger charge is 2.21. The van der Waals surface area contributed by atoms with Crippen LogP contribution in [0.1, 0.15) is 42.6 Å². The summed E-state index contributed by atoms with van der Waals surface area (Å²) in [6, 6.07) is 5.80. The number of rotatable bonds is 4. The second-order valence-electron chi connectivity index (χ2n) is 5.32. The second-order valence-corrected chi connectivity index (χ2v) is 5.32. The first-order valence-electron chi connectivity index (χ1n) is 7.30. The zero-order valence-corrected chi connectivity index (χ0v) is 12.1. The Morgan fingerprint density at radius 3 is 2.95 bits per heavy atom. The van der Waals surface area contributed by atoms with E-state index in [2.05, 4.69) is 5.10 Å². The van der Waals surface area contributed by atoms with Crippen LogP contribution in [0.5, 0.6) is 0 Å². The fraction of sp³-hybridized carbons (Fsp3) is 0.375. The largest absolute Gasteiger partial charge is 0.462 e. The van der Waals surface area contributed by atoms with Crippen molar-refractivity contribution in [2.75, 3.05) is 12.3 Å². The van der Waals surface area contributed by atoms with Crippen molar-refractivity contribution in [3.8, 4) is 11.1 Å². The molecule has 2 aromatic rings. The molecule has 0 amide bonds. The molecule has 1 aliphatic rings. The lowest BCUT2D eigenvalue weighted by molar-refractivity contribution is 0.0527. The van der Waals surface area contributed by atoms with E-state index in [0.29, 0.717) is 23.9 Å². The predicted molar refractivity (Wildman–Crippen MR) is 80.9 cm³/mol. The average Bonchev–Trinajstić information content (AvgIpc) is 2.86. The fourth-order valence-corrected chi connectivity index (χ4v) is 2.52. The van der Waals surface area contributed by atoms with Gasteiger partial charge in [-0.3, -0.25) is 4.68 Å². The van der Waals surface area contributed by atoms with Crippen molar-refractivity contribution < 1.29 is 9.53 Å². The molecule has 0 unspecified atom stereocenters. The number of carbonyl (C=O) groups is 1. The molecule has 2 N–H and O–H groups in total. The molecule has 1 aromatic carbocycles. The van der Waals surface area contributed by atoms with Gasteiger partial charge < -0.3 is 10.5 Å². The van der Waals surface area contributed by atoms with E-state index in [-0.39, 0.29) is 5.97 Å². The molecule has 1 aromatic heterocycles. The van der Waals surface area contributed by atoms with Crippen LogP contribution in [-0.4, -0.2) is 22.4 Å². The summed E-state index contributed by atoms with van der Waals surface area (Å²) in [5.41, 5.74) is 8.57. The molecule has 5 nitrogen and oxygen atoms in total. The number of anilines is 1. The van der Waals surface area contributed by atoms with E-state index in [1.54, 1.807) is 25.3 Å². The van der Waals surface area contributed by atoms with Gasteiger partial charge in [0.25, 0.3) is 0 Å². The summed E-state index contributed by atoms with van der Waals surface area (Å²) in [7, 11) is 0. The topological polar surface area (TPSA) is 70.1 Å². The number of aromatic nitrogens is 2. The van der Waals surface area contributed by atoms with E-state index < -0.39 is 0 Å². The maximum Gasteiger partial charge on any atom is 0.338 e. The Morgan fingerprint density at radius 2 is 2.29 bits per heavy atom. The number of hydrogen-bond donors (Lipinski definition) is 1. The van der Waals surface area contributed by atoms with E-state index >= 15 is 0 Å². The monoisotopic (exact) mass is 285 g/mol. The molecule has 0 bridgehead atoms. The lowest BCUT2D eigenvalue weighted by Gasteiger charge is -2.25. The Labute approximate surface area is 123 Å². The van der Waals surface area contributed by atoms with Gasteiger partial charge in [0.05, 0.1) is 24.4 Å². The summed E-state index contributed by atoms with van der Waals surface area (Å²) < 4.78 is 7.10. The minimum Gasteiger partial charge on any atom is -0.462 e. The van der Waals surface area contributed by atoms with E-state index in [1.807, 2.05) is 16.9 Å². The summed E-state index contributed by atoms with van der Waals surface area (Å²) in [5.74, 6) is -0.351. The summed E-state index contributed by atoms with van der Waals surface area (Å²) in [5, 5.41) is 4.42. The number of nitrogens with zero attached hydrogens (tertiary/aromatic N) is 2. The SMILES string of the molecule is CCOC(=O)c1cc(N)ccc1-c1cnn(C2CCC2)c1. The highest BCUT2D eigenvalue weighted by molar-refractivity contribution is 5.98. The van der Waals surface area contributed by atoms with Gasteiger partial charge in [-0.05, 0) is 43.9 Å². The van der Waals surface area contributed by atoms with Gasteiger partial charge in [-0.15, -0.1) is 0 Å². The fourth-order valence-electron chi connectivity index (χ4n) is 2.52. The normalized spacial score (nSPS) is 14.7. The van der Waals surface area contributed by atoms with Gasteiger partial charge in [0.15, 0.2) is 0 Å². The van der Waals surface area contributed by atoms with Gasteiger partial charge in [0.1, 0.15) is 0 Å². The van der Waals surface area contributed by atoms with Gasteiger partial charge in [-0.2, -0.15) is 5.10 Å². The maximum atomic E-state index is 12.1. The lowest BCUT2D eigenvalue weighted by atomic mass is 9.93. The number of nitrogen functional groups attached to an aromatic ring is 1. The van der Waals surface area contributed by atoms with Crippen LogP contribution in [0, 0.1) is 0 Å².